The van der Waals surface area contributed by atoms with Gasteiger partial charge in [-0.05, 0) is 140 Å². The monoisotopic (exact) mass is 1320 g/mol. The van der Waals surface area contributed by atoms with E-state index in [2.05, 4.69) is 29.5 Å². The number of carboxylic acids is 2. The number of aromatic nitrogens is 4. The Labute approximate surface area is 552 Å². The minimum atomic E-state index is -1.94. The van der Waals surface area contributed by atoms with E-state index < -0.39 is 66.2 Å². The number of fused-ring (bicyclic) bond motifs is 2. The number of aromatic carboxylic acids is 1. The maximum Gasteiger partial charge on any atom is 0.409 e. The van der Waals surface area contributed by atoms with Gasteiger partial charge in [0.2, 0.25) is 12.2 Å². The molecule has 4 saturated carbocycles. The second-order valence-electron chi connectivity index (χ2n) is 27.3. The highest BCUT2D eigenvalue weighted by Crippen LogP contribution is 2.72. The molecule has 7 N–H and O–H groups in total. The Morgan fingerprint density at radius 1 is 0.842 bits per heavy atom. The van der Waals surface area contributed by atoms with Crippen LogP contribution in [-0.4, -0.2) is 173 Å². The van der Waals surface area contributed by atoms with Gasteiger partial charge in [0.05, 0.1) is 28.6 Å². The summed E-state index contributed by atoms with van der Waals surface area (Å²) in [4.78, 5) is 102. The van der Waals surface area contributed by atoms with E-state index in [0.717, 1.165) is 76.0 Å². The number of aryl methyl sites for hydroxylation is 1. The molecule has 502 valence electrons. The predicted molar refractivity (Wildman–Crippen MR) is 346 cm³/mol. The summed E-state index contributed by atoms with van der Waals surface area (Å²) >= 11 is 1.41. The smallest absolute Gasteiger partial charge is 0.409 e. The van der Waals surface area contributed by atoms with E-state index in [-0.39, 0.29) is 72.2 Å². The number of imide groups is 1. The van der Waals surface area contributed by atoms with E-state index in [4.69, 9.17) is 29.0 Å². The summed E-state index contributed by atoms with van der Waals surface area (Å²) in [6.07, 6.45) is 2.60. The second kappa shape index (κ2) is 26.9. The van der Waals surface area contributed by atoms with Crippen molar-refractivity contribution in [2.45, 2.75) is 154 Å². The van der Waals surface area contributed by atoms with Crippen molar-refractivity contribution in [3.05, 3.63) is 130 Å². The zero-order valence-electron chi connectivity index (χ0n) is 53.5. The average Bonchev–Trinajstić information content (AvgIpc) is 0.869. The van der Waals surface area contributed by atoms with Crippen LogP contribution in [0.2, 0.25) is 0 Å². The first-order valence-corrected chi connectivity index (χ1v) is 33.0. The zero-order chi connectivity index (χ0) is 67.1. The molecule has 1 saturated heterocycles. The number of hydrogen-bond acceptors (Lipinski definition) is 19. The van der Waals surface area contributed by atoms with E-state index in [1.165, 1.54) is 28.4 Å². The molecular formula is C69H79N9O16S. The summed E-state index contributed by atoms with van der Waals surface area (Å²) in [7, 11) is 1.61. The average molecular weight is 1320 g/mol. The number of aliphatic carboxylic acids is 1. The standard InChI is InChI=1S/C69H79N9O16S/c1-40-46(44-18-19-51(73-55(44)61(86)87)76-25-22-42-12-10-13-45(47(42)31-76)60(85)74-64-72-48-14-7-8-15-50(48)95-64)30-71-78(40)39-68-34-66(2)33-67(3,35-68)37-69(36-66,38-68)92-28-27-75(4)65(90)91-32-43-17-16-41(29-49(43)93-63-58(84)56(82)57(83)59(94-63)62(88)89)11-6-5-9-24-70-52(79)23-26-77-53(80)20-21-54(77)81/h7-8,10,12-21,29-30,56-59,63,82-84H,5-6,9,11,22-28,31-39H2,1-4H3,(H,70,79)(H,86,87)(H,88,89)(H,72,74,85)/t56-,57-,58+,59-,63+,66?,67?,68?,69?/m0/s1. The van der Waals surface area contributed by atoms with Crippen molar-refractivity contribution < 1.29 is 78.0 Å². The fourth-order valence-corrected chi connectivity index (χ4v) is 17.1. The van der Waals surface area contributed by atoms with Gasteiger partial charge in [-0.15, -0.1) is 0 Å². The summed E-state index contributed by atoms with van der Waals surface area (Å²) in [6.45, 7) is 8.63. The van der Waals surface area contributed by atoms with Crippen LogP contribution >= 0.6 is 11.3 Å². The highest BCUT2D eigenvalue weighted by molar-refractivity contribution is 7.22. The van der Waals surface area contributed by atoms with Crippen molar-refractivity contribution in [2.24, 2.45) is 16.2 Å². The van der Waals surface area contributed by atoms with Crippen LogP contribution in [0.4, 0.5) is 15.7 Å². The number of ether oxygens (including phenoxy) is 4. The molecule has 0 radical (unpaired) electrons. The molecule has 3 aromatic carbocycles. The number of unbranched alkanes of at least 4 members (excludes halogenated alkanes) is 2. The molecule has 3 aliphatic heterocycles. The number of nitrogens with one attached hydrogen (secondary N) is 2. The molecule has 25 nitrogen and oxygen atoms in total. The van der Waals surface area contributed by atoms with Crippen molar-refractivity contribution >= 4 is 74.2 Å². The van der Waals surface area contributed by atoms with Gasteiger partial charge in [-0.2, -0.15) is 5.10 Å². The topological polar surface area (TPSA) is 335 Å². The quantitative estimate of drug-likeness (QED) is 0.0220. The Kier molecular flexibility index (Phi) is 18.8. The van der Waals surface area contributed by atoms with E-state index in [1.807, 2.05) is 65.0 Å². The van der Waals surface area contributed by atoms with Gasteiger partial charge >= 0.3 is 18.0 Å². The largest absolute Gasteiger partial charge is 0.479 e. The molecule has 2 unspecified atom stereocenters. The maximum absolute atomic E-state index is 13.8. The van der Waals surface area contributed by atoms with Gasteiger partial charge in [0.15, 0.2) is 16.9 Å². The molecule has 26 heteroatoms. The summed E-state index contributed by atoms with van der Waals surface area (Å²) in [6, 6.07) is 22.2. The third-order valence-corrected chi connectivity index (χ3v) is 20.5. The highest BCUT2D eigenvalue weighted by atomic mass is 32.1. The number of anilines is 2. The van der Waals surface area contributed by atoms with Gasteiger partial charge < -0.3 is 59.6 Å². The van der Waals surface area contributed by atoms with Gasteiger partial charge in [-0.1, -0.05) is 68.0 Å². The van der Waals surface area contributed by atoms with Crippen molar-refractivity contribution in [3.63, 3.8) is 0 Å². The Bertz CT molecular complexity index is 3950. The third-order valence-electron chi connectivity index (χ3n) is 19.6. The predicted octanol–water partition coefficient (Wildman–Crippen LogP) is 7.20. The molecule has 5 amide bonds. The van der Waals surface area contributed by atoms with Crippen LogP contribution in [0.5, 0.6) is 5.75 Å². The van der Waals surface area contributed by atoms with Crippen molar-refractivity contribution in [1.29, 1.82) is 0 Å². The van der Waals surface area contributed by atoms with Crippen LogP contribution in [0.15, 0.2) is 91.1 Å². The third kappa shape index (κ3) is 14.2. The molecule has 4 aliphatic carbocycles. The fraction of sp³-hybridized carbons (Fsp3) is 0.478. The number of carboxylic acid groups (broad SMARTS) is 2. The first-order chi connectivity index (χ1) is 45.4. The van der Waals surface area contributed by atoms with Gasteiger partial charge in [-0.3, -0.25) is 34.1 Å². The number of likely N-dealkylation sites (N-methyl/N-ethyl adjacent to an activating group) is 1. The lowest BCUT2D eigenvalue weighted by atomic mass is 9.39. The first kappa shape index (κ1) is 66.4. The molecule has 3 aromatic heterocycles. The lowest BCUT2D eigenvalue weighted by Gasteiger charge is -2.69. The Morgan fingerprint density at radius 3 is 2.36 bits per heavy atom. The van der Waals surface area contributed by atoms with E-state index in [9.17, 15) is 59.1 Å². The first-order valence-electron chi connectivity index (χ1n) is 32.2. The molecule has 6 aromatic rings. The minimum Gasteiger partial charge on any atom is -0.479 e. The van der Waals surface area contributed by atoms with Crippen molar-refractivity contribution in [2.75, 3.05) is 50.1 Å². The van der Waals surface area contributed by atoms with Gasteiger partial charge in [0.25, 0.3) is 17.7 Å². The summed E-state index contributed by atoms with van der Waals surface area (Å²) < 4.78 is 27.3. The van der Waals surface area contributed by atoms with E-state index in [0.29, 0.717) is 91.5 Å². The number of para-hydroxylation sites is 1. The van der Waals surface area contributed by atoms with E-state index >= 15 is 0 Å². The number of nitrogens with zero attached hydrogens (tertiary/aromatic N) is 7. The van der Waals surface area contributed by atoms with Crippen LogP contribution < -0.4 is 20.3 Å². The van der Waals surface area contributed by atoms with Crippen LogP contribution in [0.25, 0.3) is 21.3 Å². The van der Waals surface area contributed by atoms with Crippen LogP contribution in [0.1, 0.15) is 127 Å². The molecule has 13 rings (SSSR count). The number of amides is 5. The number of carbonyl (C=O) groups is 7. The molecule has 7 aliphatic rings. The molecule has 7 atom stereocenters. The fourth-order valence-electron chi connectivity index (χ4n) is 16.2. The molecule has 6 heterocycles. The normalized spacial score (nSPS) is 25.8. The molecule has 4 bridgehead atoms. The molecule has 5 fully saturated rings. The molecular weight excluding hydrogens is 1240 g/mol. The van der Waals surface area contributed by atoms with Crippen LogP contribution in [0, 0.1) is 23.2 Å². The Morgan fingerprint density at radius 2 is 1.61 bits per heavy atom. The van der Waals surface area contributed by atoms with Crippen molar-refractivity contribution in [3.8, 4) is 16.9 Å². The number of benzene rings is 3. The summed E-state index contributed by atoms with van der Waals surface area (Å²) in [5, 5.41) is 63.5. The minimum absolute atomic E-state index is 0.0131. The Balaban J connectivity index is 0.668. The van der Waals surface area contributed by atoms with Crippen molar-refractivity contribution in [1.82, 2.24) is 34.9 Å². The zero-order valence-corrected chi connectivity index (χ0v) is 54.3. The summed E-state index contributed by atoms with van der Waals surface area (Å²) in [5.41, 5.74) is 5.40. The van der Waals surface area contributed by atoms with E-state index in [1.54, 1.807) is 37.5 Å². The number of carbonyl (C=O) groups excluding carboxylic acids is 5. The number of aliphatic hydroxyl groups is 3. The Hall–Kier alpha value is -8.66. The summed E-state index contributed by atoms with van der Waals surface area (Å²) in [5.74, 6) is -3.65. The number of pyridine rings is 1. The lowest BCUT2D eigenvalue weighted by molar-refractivity contribution is -0.271. The number of thiazole rings is 1. The molecule has 0 spiro atoms. The van der Waals surface area contributed by atoms with Gasteiger partial charge in [-0.25, -0.2) is 24.4 Å². The second-order valence-corrected chi connectivity index (χ2v) is 28.3. The number of aliphatic hydroxyl groups excluding tert-OH is 3. The van der Waals surface area contributed by atoms with Gasteiger partial charge in [0.1, 0.15) is 36.5 Å². The number of hydrogen-bond donors (Lipinski definition) is 7. The lowest BCUT2D eigenvalue weighted by Crippen LogP contribution is -2.64. The maximum atomic E-state index is 13.8. The van der Waals surface area contributed by atoms with Crippen LogP contribution in [0.3, 0.4) is 0 Å². The number of rotatable bonds is 25. The highest BCUT2D eigenvalue weighted by Gasteiger charge is 2.66. The SMILES string of the molecule is Cc1c(-c2ccc(N3CCc4cccc(C(=O)Nc5nc6ccccc6s5)c4C3)nc2C(=O)O)cnn1CC12CC3(C)CC(C)(C1)CC(OCCN(C)C(=O)OCc1ccc(CCCCCNC(=O)CCN4C(=O)C=CC4=O)cc1O[C@@H]1O[C@H](C(=O)O)[C@@H](O)[C@H](O)[C@H]1O)(C3)C2. The van der Waals surface area contributed by atoms with Crippen LogP contribution in [-0.2, 0) is 65.9 Å². The van der Waals surface area contributed by atoms with Gasteiger partial charge in [0, 0.05) is 92.8 Å². The molecule has 95 heavy (non-hydrogen) atoms.